The summed E-state index contributed by atoms with van der Waals surface area (Å²) in [6.07, 6.45) is 6.42. The molecule has 0 aliphatic carbocycles. The van der Waals surface area contributed by atoms with Gasteiger partial charge in [0.2, 0.25) is 0 Å². The quantitative estimate of drug-likeness (QED) is 0.686. The molecule has 6 heteroatoms. The smallest absolute Gasteiger partial charge is 0.157 e. The van der Waals surface area contributed by atoms with E-state index in [9.17, 15) is 0 Å². The second-order valence-corrected chi connectivity index (χ2v) is 4.93. The van der Waals surface area contributed by atoms with Crippen molar-refractivity contribution in [1.29, 1.82) is 0 Å². The first-order valence-electron chi connectivity index (χ1n) is 6.70. The fraction of sp³-hybridized carbons (Fsp3) is 0.357. The Morgan fingerprint density at radius 3 is 3.05 bits per heavy atom. The molecule has 6 nitrogen and oxygen atoms in total. The molecular weight excluding hydrogens is 252 g/mol. The second-order valence-electron chi connectivity index (χ2n) is 4.93. The van der Waals surface area contributed by atoms with E-state index < -0.39 is 0 Å². The van der Waals surface area contributed by atoms with Crippen LogP contribution in [0.1, 0.15) is 17.0 Å². The van der Waals surface area contributed by atoms with E-state index in [1.54, 1.807) is 6.33 Å². The number of aromatic nitrogens is 5. The number of pyridine rings is 1. The highest BCUT2D eigenvalue weighted by molar-refractivity contribution is 5.78. The standard InChI is InChI=1S/C14H18N6/c1-10-13-5-11(7-17-14(13)20(2)19-10)6-15-4-3-12-8-16-9-18-12/h5,7-9,15H,3-4,6H2,1-2H3,(H,16,18). The molecule has 0 amide bonds. The molecule has 0 spiro atoms. The average Bonchev–Trinajstić information content (AvgIpc) is 3.05. The first kappa shape index (κ1) is 12.8. The predicted octanol–water partition coefficient (Wildman–Crippen LogP) is 1.33. The van der Waals surface area contributed by atoms with Crippen LogP contribution in [0.4, 0.5) is 0 Å². The lowest BCUT2D eigenvalue weighted by atomic mass is 10.2. The normalized spacial score (nSPS) is 11.3. The summed E-state index contributed by atoms with van der Waals surface area (Å²) in [5.74, 6) is 0. The molecule has 3 rings (SSSR count). The molecule has 0 saturated carbocycles. The molecule has 0 aliphatic heterocycles. The summed E-state index contributed by atoms with van der Waals surface area (Å²) >= 11 is 0. The average molecular weight is 270 g/mol. The van der Waals surface area contributed by atoms with Crippen LogP contribution >= 0.6 is 0 Å². The predicted molar refractivity (Wildman–Crippen MR) is 77.2 cm³/mol. The number of nitrogens with zero attached hydrogens (tertiary/aromatic N) is 4. The zero-order valence-corrected chi connectivity index (χ0v) is 11.7. The van der Waals surface area contributed by atoms with Crippen LogP contribution < -0.4 is 5.32 Å². The molecule has 20 heavy (non-hydrogen) atoms. The zero-order chi connectivity index (χ0) is 13.9. The summed E-state index contributed by atoms with van der Waals surface area (Å²) in [5.41, 5.74) is 4.28. The Morgan fingerprint density at radius 1 is 1.35 bits per heavy atom. The van der Waals surface area contributed by atoms with Gasteiger partial charge in [0.15, 0.2) is 5.65 Å². The molecule has 0 unspecified atom stereocenters. The maximum Gasteiger partial charge on any atom is 0.157 e. The van der Waals surface area contributed by atoms with Crippen LogP contribution in [-0.2, 0) is 20.0 Å². The van der Waals surface area contributed by atoms with Crippen LogP contribution in [0.2, 0.25) is 0 Å². The maximum absolute atomic E-state index is 4.47. The van der Waals surface area contributed by atoms with Crippen LogP contribution in [-0.4, -0.2) is 31.3 Å². The van der Waals surface area contributed by atoms with E-state index in [4.69, 9.17) is 0 Å². The van der Waals surface area contributed by atoms with Crippen LogP contribution in [0.15, 0.2) is 24.8 Å². The van der Waals surface area contributed by atoms with Gasteiger partial charge in [0.25, 0.3) is 0 Å². The Bertz CT molecular complexity index is 698. The van der Waals surface area contributed by atoms with Gasteiger partial charge >= 0.3 is 0 Å². The fourth-order valence-electron chi connectivity index (χ4n) is 2.33. The fourth-order valence-corrected chi connectivity index (χ4v) is 2.33. The SMILES string of the molecule is Cc1nn(C)c2ncc(CNCCc3cnc[nH]3)cc12. The van der Waals surface area contributed by atoms with Crippen LogP contribution in [0.3, 0.4) is 0 Å². The first-order chi connectivity index (χ1) is 9.74. The van der Waals surface area contributed by atoms with Gasteiger partial charge in [-0.3, -0.25) is 4.68 Å². The van der Waals surface area contributed by atoms with Crippen molar-refractivity contribution in [2.75, 3.05) is 6.54 Å². The molecular formula is C14H18N6. The van der Waals surface area contributed by atoms with Crippen LogP contribution in [0, 0.1) is 6.92 Å². The number of aromatic amines is 1. The number of hydrogen-bond acceptors (Lipinski definition) is 4. The molecule has 3 aromatic heterocycles. The molecule has 0 fully saturated rings. The van der Waals surface area contributed by atoms with Gasteiger partial charge in [-0.2, -0.15) is 5.10 Å². The van der Waals surface area contributed by atoms with Gasteiger partial charge in [0, 0.05) is 50.0 Å². The van der Waals surface area contributed by atoms with Crippen molar-refractivity contribution in [2.45, 2.75) is 19.9 Å². The summed E-state index contributed by atoms with van der Waals surface area (Å²) < 4.78 is 1.82. The Kier molecular flexibility index (Phi) is 3.47. The number of nitrogens with one attached hydrogen (secondary N) is 2. The Balaban J connectivity index is 1.61. The van der Waals surface area contributed by atoms with Gasteiger partial charge in [0.05, 0.1) is 12.0 Å². The lowest BCUT2D eigenvalue weighted by Gasteiger charge is -2.04. The van der Waals surface area contributed by atoms with E-state index in [-0.39, 0.29) is 0 Å². The zero-order valence-electron chi connectivity index (χ0n) is 11.7. The van der Waals surface area contributed by atoms with Crippen molar-refractivity contribution in [3.05, 3.63) is 41.7 Å². The second kappa shape index (κ2) is 5.42. The topological polar surface area (TPSA) is 71.4 Å². The van der Waals surface area contributed by atoms with Crippen molar-refractivity contribution in [2.24, 2.45) is 7.05 Å². The first-order valence-corrected chi connectivity index (χ1v) is 6.70. The largest absolute Gasteiger partial charge is 0.348 e. The molecule has 0 radical (unpaired) electrons. The molecule has 0 saturated heterocycles. The van der Waals surface area contributed by atoms with Gasteiger partial charge in [-0.25, -0.2) is 9.97 Å². The number of imidazole rings is 1. The molecule has 2 N–H and O–H groups in total. The van der Waals surface area contributed by atoms with Crippen LogP contribution in [0.25, 0.3) is 11.0 Å². The van der Waals surface area contributed by atoms with Gasteiger partial charge in [-0.15, -0.1) is 0 Å². The van der Waals surface area contributed by atoms with Gasteiger partial charge in [-0.05, 0) is 18.6 Å². The number of H-pyrrole nitrogens is 1. The van der Waals surface area contributed by atoms with Gasteiger partial charge in [-0.1, -0.05) is 0 Å². The maximum atomic E-state index is 4.47. The van der Waals surface area contributed by atoms with E-state index in [0.29, 0.717) is 0 Å². The number of hydrogen-bond donors (Lipinski definition) is 2. The minimum Gasteiger partial charge on any atom is -0.348 e. The highest BCUT2D eigenvalue weighted by Gasteiger charge is 2.06. The number of rotatable bonds is 5. The minimum absolute atomic E-state index is 0.811. The van der Waals surface area contributed by atoms with Crippen molar-refractivity contribution in [3.63, 3.8) is 0 Å². The molecule has 0 aliphatic rings. The van der Waals surface area contributed by atoms with Gasteiger partial charge < -0.3 is 10.3 Å². The highest BCUT2D eigenvalue weighted by atomic mass is 15.3. The van der Waals surface area contributed by atoms with E-state index in [1.807, 2.05) is 31.0 Å². The third-order valence-electron chi connectivity index (χ3n) is 3.37. The third-order valence-corrected chi connectivity index (χ3v) is 3.37. The molecule has 104 valence electrons. The Labute approximate surface area is 117 Å². The van der Waals surface area contributed by atoms with E-state index >= 15 is 0 Å². The highest BCUT2D eigenvalue weighted by Crippen LogP contribution is 2.16. The summed E-state index contributed by atoms with van der Waals surface area (Å²) in [6, 6.07) is 2.16. The van der Waals surface area contributed by atoms with E-state index in [2.05, 4.69) is 31.4 Å². The van der Waals surface area contributed by atoms with Crippen molar-refractivity contribution >= 4 is 11.0 Å². The van der Waals surface area contributed by atoms with Crippen LogP contribution in [0.5, 0.6) is 0 Å². The molecule has 0 aromatic carbocycles. The monoisotopic (exact) mass is 270 g/mol. The van der Waals surface area contributed by atoms with Crippen molar-refractivity contribution < 1.29 is 0 Å². The summed E-state index contributed by atoms with van der Waals surface area (Å²) in [4.78, 5) is 11.6. The molecule has 3 aromatic rings. The van der Waals surface area contributed by atoms with E-state index in [0.717, 1.165) is 41.9 Å². The Hall–Kier alpha value is -2.21. The van der Waals surface area contributed by atoms with Gasteiger partial charge in [0.1, 0.15) is 0 Å². The molecule has 0 atom stereocenters. The Morgan fingerprint density at radius 2 is 2.25 bits per heavy atom. The third kappa shape index (κ3) is 2.55. The lowest BCUT2D eigenvalue weighted by Crippen LogP contribution is -2.16. The van der Waals surface area contributed by atoms with Crippen molar-refractivity contribution in [1.82, 2.24) is 30.0 Å². The summed E-state index contributed by atoms with van der Waals surface area (Å²) in [7, 11) is 1.92. The summed E-state index contributed by atoms with van der Waals surface area (Å²) in [6.45, 7) is 3.73. The van der Waals surface area contributed by atoms with Crippen molar-refractivity contribution in [3.8, 4) is 0 Å². The minimum atomic E-state index is 0.811. The van der Waals surface area contributed by atoms with E-state index in [1.165, 1.54) is 5.56 Å². The molecule has 0 bridgehead atoms. The number of aryl methyl sites for hydroxylation is 2. The lowest BCUT2D eigenvalue weighted by molar-refractivity contribution is 0.680. The summed E-state index contributed by atoms with van der Waals surface area (Å²) in [5, 5.41) is 8.93. The molecule has 3 heterocycles. The number of fused-ring (bicyclic) bond motifs is 1.